The van der Waals surface area contributed by atoms with Gasteiger partial charge in [0.2, 0.25) is 5.91 Å². The minimum atomic E-state index is -0.633. The zero-order chi connectivity index (χ0) is 32.2. The minimum Gasteiger partial charge on any atom is -0.458 e. The third kappa shape index (κ3) is 11.4. The number of pyridine rings is 2. The molecule has 0 aliphatic carbocycles. The Morgan fingerprint density at radius 3 is 2.60 bits per heavy atom. The van der Waals surface area contributed by atoms with Gasteiger partial charge in [-0.2, -0.15) is 0 Å². The number of hydrogen-bond acceptors (Lipinski definition) is 10. The second-order valence-electron chi connectivity index (χ2n) is 12.6. The Labute approximate surface area is 267 Å². The maximum Gasteiger partial charge on any atom is 0.329 e. The summed E-state index contributed by atoms with van der Waals surface area (Å²) in [4.78, 5) is 45.5. The van der Waals surface area contributed by atoms with E-state index in [1.165, 1.54) is 12.5 Å². The zero-order valence-electron chi connectivity index (χ0n) is 27.4. The highest BCUT2D eigenvalue weighted by atomic mass is 16.6. The molecule has 4 heterocycles. The van der Waals surface area contributed by atoms with Gasteiger partial charge < -0.3 is 25.6 Å². The van der Waals surface area contributed by atoms with Gasteiger partial charge in [0.1, 0.15) is 23.3 Å². The minimum absolute atomic E-state index is 0.0560. The van der Waals surface area contributed by atoms with Gasteiger partial charge in [-0.1, -0.05) is 6.07 Å². The number of carbonyl (C=O) groups is 2. The van der Waals surface area contributed by atoms with E-state index in [2.05, 4.69) is 43.0 Å². The van der Waals surface area contributed by atoms with Crippen molar-refractivity contribution in [1.82, 2.24) is 30.2 Å². The second kappa shape index (κ2) is 16.3. The molecule has 1 amide bonds. The number of rotatable bonds is 15. The van der Waals surface area contributed by atoms with Gasteiger partial charge in [-0.3, -0.25) is 9.78 Å². The van der Waals surface area contributed by atoms with Crippen LogP contribution in [0.25, 0.3) is 11.4 Å². The summed E-state index contributed by atoms with van der Waals surface area (Å²) in [6.45, 7) is 12.7. The Balaban J connectivity index is 1.41. The Bertz CT molecular complexity index is 1410. The predicted octanol–water partition coefficient (Wildman–Crippen LogP) is 4.57. The van der Waals surface area contributed by atoms with Gasteiger partial charge in [-0.25, -0.2) is 19.7 Å². The van der Waals surface area contributed by atoms with Crippen LogP contribution in [0.1, 0.15) is 70.3 Å². The molecule has 0 saturated carbocycles. The van der Waals surface area contributed by atoms with Crippen molar-refractivity contribution in [3.63, 3.8) is 0 Å². The summed E-state index contributed by atoms with van der Waals surface area (Å²) in [6, 6.07) is 9.27. The first-order valence-corrected chi connectivity index (χ1v) is 16.0. The van der Waals surface area contributed by atoms with Crippen molar-refractivity contribution in [2.24, 2.45) is 0 Å². The number of esters is 1. The third-order valence-corrected chi connectivity index (χ3v) is 7.45. The van der Waals surface area contributed by atoms with Crippen molar-refractivity contribution in [2.75, 3.05) is 43.4 Å². The van der Waals surface area contributed by atoms with Crippen LogP contribution in [0.3, 0.4) is 0 Å². The molecule has 3 N–H and O–H groups in total. The van der Waals surface area contributed by atoms with Crippen LogP contribution in [0.2, 0.25) is 0 Å². The number of unbranched alkanes of at least 4 members (excludes halogenated alkanes) is 1. The van der Waals surface area contributed by atoms with Crippen molar-refractivity contribution >= 4 is 23.5 Å². The number of aromatic nitrogens is 4. The molecule has 1 atom stereocenters. The fourth-order valence-electron chi connectivity index (χ4n) is 5.26. The van der Waals surface area contributed by atoms with E-state index in [9.17, 15) is 9.59 Å². The number of aryl methyl sites for hydroxylation is 3. The van der Waals surface area contributed by atoms with Crippen LogP contribution >= 0.6 is 0 Å². The highest BCUT2D eigenvalue weighted by Gasteiger charge is 2.26. The van der Waals surface area contributed by atoms with Crippen molar-refractivity contribution < 1.29 is 14.3 Å². The fraction of sp³-hybridized carbons (Fsp3) is 0.529. The van der Waals surface area contributed by atoms with Crippen LogP contribution in [0.15, 0.2) is 42.7 Å². The quantitative estimate of drug-likeness (QED) is 0.165. The SMILES string of the molecule is CC(=O)NCCN(CCCCc1ccc2c(n1)NCCC2)CCC(Nc1cc(C)nc(-c2ccncc2)n1)C(=O)OC(C)(C)C. The molecule has 242 valence electrons. The molecule has 0 fully saturated rings. The number of carbonyl (C=O) groups excluding carboxylic acids is 2. The average Bonchev–Trinajstić information content (AvgIpc) is 3.00. The summed E-state index contributed by atoms with van der Waals surface area (Å²) in [6.07, 6.45) is 9.01. The molecule has 45 heavy (non-hydrogen) atoms. The van der Waals surface area contributed by atoms with Gasteiger partial charge in [-0.05, 0) is 96.5 Å². The maximum absolute atomic E-state index is 13.4. The van der Waals surface area contributed by atoms with E-state index < -0.39 is 11.6 Å². The normalized spacial score (nSPS) is 13.5. The monoisotopic (exact) mass is 616 g/mol. The number of amides is 1. The Morgan fingerprint density at radius 2 is 1.84 bits per heavy atom. The van der Waals surface area contributed by atoms with Gasteiger partial charge in [0.05, 0.1) is 0 Å². The molecule has 3 aromatic rings. The summed E-state index contributed by atoms with van der Waals surface area (Å²) < 4.78 is 5.81. The molecular weight excluding hydrogens is 568 g/mol. The molecule has 3 aromatic heterocycles. The topological polar surface area (TPSA) is 134 Å². The summed E-state index contributed by atoms with van der Waals surface area (Å²) in [5, 5.41) is 9.67. The van der Waals surface area contributed by atoms with Crippen LogP contribution in [-0.4, -0.2) is 81.1 Å². The lowest BCUT2D eigenvalue weighted by molar-refractivity contribution is -0.156. The molecule has 0 bridgehead atoms. The molecular formula is C34H48N8O3. The van der Waals surface area contributed by atoms with Crippen LogP contribution in [0.5, 0.6) is 0 Å². The third-order valence-electron chi connectivity index (χ3n) is 7.45. The molecule has 1 unspecified atom stereocenters. The lowest BCUT2D eigenvalue weighted by Gasteiger charge is -2.28. The molecule has 0 saturated heterocycles. The Morgan fingerprint density at radius 1 is 1.04 bits per heavy atom. The lowest BCUT2D eigenvalue weighted by atomic mass is 10.1. The van der Waals surface area contributed by atoms with Gasteiger partial charge in [0.15, 0.2) is 5.82 Å². The number of nitrogens with one attached hydrogen (secondary N) is 3. The molecule has 0 radical (unpaired) electrons. The smallest absolute Gasteiger partial charge is 0.329 e. The Hall–Kier alpha value is -4.12. The number of fused-ring (bicyclic) bond motifs is 1. The molecule has 11 heteroatoms. The number of ether oxygens (including phenoxy) is 1. The van der Waals surface area contributed by atoms with E-state index in [0.717, 1.165) is 68.0 Å². The van der Waals surface area contributed by atoms with Gasteiger partial charge in [0, 0.05) is 68.5 Å². The largest absolute Gasteiger partial charge is 0.458 e. The van der Waals surface area contributed by atoms with E-state index >= 15 is 0 Å². The molecule has 1 aliphatic heterocycles. The lowest BCUT2D eigenvalue weighted by Crippen LogP contribution is -2.41. The van der Waals surface area contributed by atoms with Crippen LogP contribution < -0.4 is 16.0 Å². The van der Waals surface area contributed by atoms with E-state index in [0.29, 0.717) is 37.7 Å². The zero-order valence-corrected chi connectivity index (χ0v) is 27.4. The standard InChI is InChI=1S/C34H48N8O3/c1-24-23-30(41-32(38-24)27-13-17-35-18-14-27)40-29(33(44)45-34(3,4)5)15-21-42(22-19-36-25(2)43)20-7-6-10-28-12-11-26-9-8-16-37-31(26)39-28/h11-14,17-18,23,29H,6-10,15-16,19-22H2,1-5H3,(H,36,43)(H,37,39)(H,38,40,41). The van der Waals surface area contributed by atoms with Crippen molar-refractivity contribution in [3.05, 3.63) is 59.7 Å². The molecule has 4 rings (SSSR count). The number of anilines is 2. The van der Waals surface area contributed by atoms with Crippen molar-refractivity contribution in [1.29, 1.82) is 0 Å². The predicted molar refractivity (Wildman–Crippen MR) is 177 cm³/mol. The fourth-order valence-corrected chi connectivity index (χ4v) is 5.26. The van der Waals surface area contributed by atoms with Gasteiger partial charge in [0.25, 0.3) is 0 Å². The van der Waals surface area contributed by atoms with E-state index in [-0.39, 0.29) is 11.9 Å². The molecule has 11 nitrogen and oxygen atoms in total. The van der Waals surface area contributed by atoms with E-state index in [1.807, 2.05) is 45.9 Å². The first kappa shape index (κ1) is 33.8. The molecule has 0 spiro atoms. The number of nitrogens with zero attached hydrogens (tertiary/aromatic N) is 5. The van der Waals surface area contributed by atoms with Gasteiger partial charge in [-0.15, -0.1) is 0 Å². The van der Waals surface area contributed by atoms with Crippen molar-refractivity contribution in [3.8, 4) is 11.4 Å². The summed E-state index contributed by atoms with van der Waals surface area (Å²) in [5.41, 5.74) is 3.40. The summed E-state index contributed by atoms with van der Waals surface area (Å²) in [7, 11) is 0. The van der Waals surface area contributed by atoms with Gasteiger partial charge >= 0.3 is 5.97 Å². The van der Waals surface area contributed by atoms with E-state index in [1.54, 1.807) is 12.4 Å². The average molecular weight is 617 g/mol. The first-order valence-electron chi connectivity index (χ1n) is 16.0. The van der Waals surface area contributed by atoms with Crippen LogP contribution in [0.4, 0.5) is 11.6 Å². The number of hydrogen-bond donors (Lipinski definition) is 3. The summed E-state index contributed by atoms with van der Waals surface area (Å²) in [5.74, 6) is 1.76. The molecule has 0 aromatic carbocycles. The highest BCUT2D eigenvalue weighted by molar-refractivity contribution is 5.79. The van der Waals surface area contributed by atoms with Crippen LogP contribution in [0, 0.1) is 6.92 Å². The summed E-state index contributed by atoms with van der Waals surface area (Å²) >= 11 is 0. The second-order valence-corrected chi connectivity index (χ2v) is 12.6. The van der Waals surface area contributed by atoms with E-state index in [4.69, 9.17) is 14.7 Å². The highest BCUT2D eigenvalue weighted by Crippen LogP contribution is 2.21. The molecule has 1 aliphatic rings. The van der Waals surface area contributed by atoms with Crippen LogP contribution in [-0.2, 0) is 27.2 Å². The first-order chi connectivity index (χ1) is 21.6. The van der Waals surface area contributed by atoms with Crippen molar-refractivity contribution in [2.45, 2.75) is 84.8 Å². The maximum atomic E-state index is 13.4. The Kier molecular flexibility index (Phi) is 12.2.